The van der Waals surface area contributed by atoms with Gasteiger partial charge in [-0.3, -0.25) is 4.79 Å². The SMILES string of the molecule is O=C(C[C@H]1C=CCC1)N1CCC[C@H]1CF. The fraction of sp³-hybridized carbons (Fsp3) is 0.750. The number of allylic oxidation sites excluding steroid dienone is 2. The number of carbonyl (C=O) groups excluding carboxylic acids is 1. The summed E-state index contributed by atoms with van der Waals surface area (Å²) in [5.74, 6) is 0.546. The van der Waals surface area contributed by atoms with Gasteiger partial charge < -0.3 is 4.90 Å². The van der Waals surface area contributed by atoms with Crippen molar-refractivity contribution in [2.45, 2.75) is 38.1 Å². The molecule has 1 aliphatic carbocycles. The van der Waals surface area contributed by atoms with Gasteiger partial charge in [-0.2, -0.15) is 0 Å². The number of nitrogens with zero attached hydrogens (tertiary/aromatic N) is 1. The molecule has 0 spiro atoms. The highest BCUT2D eigenvalue weighted by Crippen LogP contribution is 2.24. The topological polar surface area (TPSA) is 20.3 Å². The van der Waals surface area contributed by atoms with Crippen LogP contribution < -0.4 is 0 Å². The van der Waals surface area contributed by atoms with E-state index in [4.69, 9.17) is 0 Å². The Hall–Kier alpha value is -0.860. The first-order valence-corrected chi connectivity index (χ1v) is 5.83. The van der Waals surface area contributed by atoms with Gasteiger partial charge in [0, 0.05) is 13.0 Å². The van der Waals surface area contributed by atoms with E-state index >= 15 is 0 Å². The molecule has 0 N–H and O–H groups in total. The number of hydrogen-bond donors (Lipinski definition) is 0. The summed E-state index contributed by atoms with van der Waals surface area (Å²) in [7, 11) is 0. The second-order valence-corrected chi connectivity index (χ2v) is 4.51. The first-order chi connectivity index (χ1) is 7.31. The minimum atomic E-state index is -0.383. The molecule has 1 aliphatic heterocycles. The number of amides is 1. The Bertz CT molecular complexity index is 264. The van der Waals surface area contributed by atoms with Gasteiger partial charge in [-0.1, -0.05) is 12.2 Å². The summed E-state index contributed by atoms with van der Waals surface area (Å²) in [6.45, 7) is 0.371. The van der Waals surface area contributed by atoms with Crippen LogP contribution in [0.1, 0.15) is 32.1 Å². The minimum Gasteiger partial charge on any atom is -0.337 e. The van der Waals surface area contributed by atoms with Crippen LogP contribution in [0, 0.1) is 5.92 Å². The summed E-state index contributed by atoms with van der Waals surface area (Å²) in [5.41, 5.74) is 0. The maximum absolute atomic E-state index is 12.6. The van der Waals surface area contributed by atoms with Gasteiger partial charge >= 0.3 is 0 Å². The molecule has 0 aromatic heterocycles. The van der Waals surface area contributed by atoms with E-state index in [1.165, 1.54) is 0 Å². The lowest BCUT2D eigenvalue weighted by Crippen LogP contribution is -2.37. The Morgan fingerprint density at radius 1 is 1.47 bits per heavy atom. The molecule has 1 saturated heterocycles. The molecule has 84 valence electrons. The third-order valence-electron chi connectivity index (χ3n) is 3.42. The van der Waals surface area contributed by atoms with Gasteiger partial charge in [0.05, 0.1) is 6.04 Å². The van der Waals surface area contributed by atoms with Gasteiger partial charge in [0.1, 0.15) is 6.67 Å². The monoisotopic (exact) mass is 211 g/mol. The van der Waals surface area contributed by atoms with E-state index in [0.29, 0.717) is 12.3 Å². The van der Waals surface area contributed by atoms with E-state index in [1.807, 2.05) is 0 Å². The van der Waals surface area contributed by atoms with E-state index in [0.717, 1.165) is 32.2 Å². The number of likely N-dealkylation sites (tertiary alicyclic amines) is 1. The Labute approximate surface area is 90.1 Å². The van der Waals surface area contributed by atoms with Crippen molar-refractivity contribution in [3.05, 3.63) is 12.2 Å². The molecule has 0 unspecified atom stereocenters. The molecule has 1 fully saturated rings. The molecule has 2 rings (SSSR count). The quantitative estimate of drug-likeness (QED) is 0.656. The van der Waals surface area contributed by atoms with Crippen LogP contribution in [0.2, 0.25) is 0 Å². The smallest absolute Gasteiger partial charge is 0.223 e. The predicted octanol–water partition coefficient (Wildman–Crippen LogP) is 2.30. The van der Waals surface area contributed by atoms with Crippen LogP contribution in [-0.2, 0) is 4.79 Å². The molecular formula is C12H18FNO. The van der Waals surface area contributed by atoms with Gasteiger partial charge in [-0.05, 0) is 31.6 Å². The Morgan fingerprint density at radius 3 is 3.00 bits per heavy atom. The molecule has 1 amide bonds. The Balaban J connectivity index is 1.86. The molecule has 1 heterocycles. The summed E-state index contributed by atoms with van der Waals surface area (Å²) in [6.07, 6.45) is 8.80. The number of halogens is 1. The van der Waals surface area contributed by atoms with Crippen LogP contribution in [-0.4, -0.2) is 30.1 Å². The predicted molar refractivity (Wildman–Crippen MR) is 57.2 cm³/mol. The van der Waals surface area contributed by atoms with Crippen molar-refractivity contribution in [2.75, 3.05) is 13.2 Å². The van der Waals surface area contributed by atoms with Gasteiger partial charge in [0.15, 0.2) is 0 Å². The standard InChI is InChI=1S/C12H18FNO/c13-9-11-6-3-7-14(11)12(15)8-10-4-1-2-5-10/h1,4,10-11H,2-3,5-9H2/t10-,11-/m0/s1. The summed E-state index contributed by atoms with van der Waals surface area (Å²) in [5, 5.41) is 0. The minimum absolute atomic E-state index is 0.136. The zero-order valence-corrected chi connectivity index (χ0v) is 8.99. The normalized spacial score (nSPS) is 30.1. The van der Waals surface area contributed by atoms with Crippen molar-refractivity contribution in [1.29, 1.82) is 0 Å². The second kappa shape index (κ2) is 4.77. The molecule has 15 heavy (non-hydrogen) atoms. The van der Waals surface area contributed by atoms with E-state index in [-0.39, 0.29) is 18.6 Å². The van der Waals surface area contributed by atoms with Crippen molar-refractivity contribution in [3.63, 3.8) is 0 Å². The van der Waals surface area contributed by atoms with Gasteiger partial charge in [-0.15, -0.1) is 0 Å². The fourth-order valence-corrected chi connectivity index (χ4v) is 2.53. The molecule has 3 heteroatoms. The van der Waals surface area contributed by atoms with E-state index in [1.54, 1.807) is 4.90 Å². The zero-order valence-electron chi connectivity index (χ0n) is 8.99. The van der Waals surface area contributed by atoms with Gasteiger partial charge in [0.2, 0.25) is 5.91 Å². The Morgan fingerprint density at radius 2 is 2.33 bits per heavy atom. The van der Waals surface area contributed by atoms with Gasteiger partial charge in [0.25, 0.3) is 0 Å². The largest absolute Gasteiger partial charge is 0.337 e. The van der Waals surface area contributed by atoms with Crippen molar-refractivity contribution in [3.8, 4) is 0 Å². The van der Waals surface area contributed by atoms with Crippen LogP contribution >= 0.6 is 0 Å². The van der Waals surface area contributed by atoms with Crippen molar-refractivity contribution in [2.24, 2.45) is 5.92 Å². The highest BCUT2D eigenvalue weighted by atomic mass is 19.1. The summed E-state index contributed by atoms with van der Waals surface area (Å²) in [4.78, 5) is 13.6. The number of hydrogen-bond acceptors (Lipinski definition) is 1. The molecule has 2 aliphatic rings. The van der Waals surface area contributed by atoms with Crippen molar-refractivity contribution in [1.82, 2.24) is 4.90 Å². The van der Waals surface area contributed by atoms with Gasteiger partial charge in [-0.25, -0.2) is 4.39 Å². The van der Waals surface area contributed by atoms with Crippen LogP contribution in [0.3, 0.4) is 0 Å². The zero-order chi connectivity index (χ0) is 10.7. The Kier molecular flexibility index (Phi) is 3.39. The van der Waals surface area contributed by atoms with Crippen LogP contribution in [0.25, 0.3) is 0 Å². The molecular weight excluding hydrogens is 193 g/mol. The average Bonchev–Trinajstić information content (AvgIpc) is 2.86. The first-order valence-electron chi connectivity index (χ1n) is 5.83. The fourth-order valence-electron chi connectivity index (χ4n) is 2.53. The lowest BCUT2D eigenvalue weighted by molar-refractivity contribution is -0.133. The van der Waals surface area contributed by atoms with Crippen LogP contribution in [0.15, 0.2) is 12.2 Å². The first kappa shape index (κ1) is 10.7. The molecule has 2 nitrogen and oxygen atoms in total. The van der Waals surface area contributed by atoms with Crippen molar-refractivity contribution < 1.29 is 9.18 Å². The molecule has 0 aromatic rings. The number of carbonyl (C=O) groups is 1. The average molecular weight is 211 g/mol. The second-order valence-electron chi connectivity index (χ2n) is 4.51. The van der Waals surface area contributed by atoms with E-state index in [9.17, 15) is 9.18 Å². The molecule has 0 bridgehead atoms. The molecule has 0 aromatic carbocycles. The molecule has 2 atom stereocenters. The molecule has 0 saturated carbocycles. The highest BCUT2D eigenvalue weighted by Gasteiger charge is 2.29. The van der Waals surface area contributed by atoms with E-state index in [2.05, 4.69) is 12.2 Å². The third kappa shape index (κ3) is 2.39. The molecule has 0 radical (unpaired) electrons. The number of alkyl halides is 1. The summed E-state index contributed by atoms with van der Waals surface area (Å²) in [6, 6.07) is -0.136. The highest BCUT2D eigenvalue weighted by molar-refractivity contribution is 5.77. The van der Waals surface area contributed by atoms with E-state index < -0.39 is 0 Å². The lowest BCUT2D eigenvalue weighted by atomic mass is 10.0. The lowest BCUT2D eigenvalue weighted by Gasteiger charge is -2.23. The third-order valence-corrected chi connectivity index (χ3v) is 3.42. The maximum atomic E-state index is 12.6. The summed E-state index contributed by atoms with van der Waals surface area (Å²) < 4.78 is 12.6. The van der Waals surface area contributed by atoms with Crippen LogP contribution in [0.4, 0.5) is 4.39 Å². The maximum Gasteiger partial charge on any atom is 0.223 e. The van der Waals surface area contributed by atoms with Crippen molar-refractivity contribution >= 4 is 5.91 Å². The number of rotatable bonds is 3. The summed E-state index contributed by atoms with van der Waals surface area (Å²) >= 11 is 0. The van der Waals surface area contributed by atoms with Crippen LogP contribution in [0.5, 0.6) is 0 Å².